The Morgan fingerprint density at radius 1 is 1.14 bits per heavy atom. The highest BCUT2D eigenvalue weighted by atomic mass is 32.1. The fraction of sp³-hybridized carbons (Fsp3) is 0.452. The molecule has 2 bridgehead atoms. The predicted octanol–water partition coefficient (Wildman–Crippen LogP) is 5.50. The van der Waals surface area contributed by atoms with E-state index in [0.717, 1.165) is 56.6 Å². The molecule has 1 aromatic heterocycles. The number of ether oxygens (including phenoxy) is 2. The van der Waals surface area contributed by atoms with Gasteiger partial charge in [-0.25, -0.2) is 0 Å². The molecule has 3 aromatic rings. The minimum Gasteiger partial charge on any atom is -0.483 e. The lowest BCUT2D eigenvalue weighted by Gasteiger charge is -2.27. The van der Waals surface area contributed by atoms with Crippen molar-refractivity contribution in [3.63, 3.8) is 0 Å². The Bertz CT molecular complexity index is 1340. The lowest BCUT2D eigenvalue weighted by molar-refractivity contribution is -0.123. The molecule has 0 radical (unpaired) electrons. The zero-order valence-electron chi connectivity index (χ0n) is 21.2. The molecule has 192 valence electrons. The van der Waals surface area contributed by atoms with E-state index in [9.17, 15) is 4.79 Å². The van der Waals surface area contributed by atoms with Crippen LogP contribution in [0.4, 0.5) is 0 Å². The minimum absolute atomic E-state index is 0.0261. The van der Waals surface area contributed by atoms with Crippen LogP contribution >= 0.6 is 11.3 Å². The molecular formula is C31H34N2O3S. The first kappa shape index (κ1) is 23.4. The first-order chi connectivity index (χ1) is 18.2. The molecule has 2 heterocycles. The van der Waals surface area contributed by atoms with Crippen molar-refractivity contribution in [3.8, 4) is 16.9 Å². The third-order valence-electron chi connectivity index (χ3n) is 9.12. The van der Waals surface area contributed by atoms with Gasteiger partial charge < -0.3 is 14.8 Å². The summed E-state index contributed by atoms with van der Waals surface area (Å²) in [5.41, 5.74) is 4.13. The second-order valence-corrected chi connectivity index (χ2v) is 12.1. The van der Waals surface area contributed by atoms with Crippen molar-refractivity contribution in [2.75, 3.05) is 39.5 Å². The van der Waals surface area contributed by atoms with E-state index >= 15 is 0 Å². The molecular weight excluding hydrogens is 480 g/mol. The van der Waals surface area contributed by atoms with Crippen LogP contribution < -0.4 is 10.1 Å². The van der Waals surface area contributed by atoms with Gasteiger partial charge in [-0.2, -0.15) is 0 Å². The molecule has 1 spiro atoms. The van der Waals surface area contributed by atoms with Gasteiger partial charge in [0, 0.05) is 47.4 Å². The van der Waals surface area contributed by atoms with Crippen LogP contribution in [0.2, 0.25) is 0 Å². The van der Waals surface area contributed by atoms with E-state index in [1.807, 2.05) is 6.07 Å². The van der Waals surface area contributed by atoms with Gasteiger partial charge in [-0.15, -0.1) is 11.3 Å². The van der Waals surface area contributed by atoms with Crippen LogP contribution in [-0.2, 0) is 16.1 Å². The second kappa shape index (κ2) is 9.57. The number of benzene rings is 2. The number of morpholine rings is 1. The van der Waals surface area contributed by atoms with E-state index in [2.05, 4.69) is 64.1 Å². The summed E-state index contributed by atoms with van der Waals surface area (Å²) in [6.45, 7) is 4.94. The molecule has 1 amide bonds. The Kier molecular flexibility index (Phi) is 6.07. The molecule has 5 nitrogen and oxygen atoms in total. The number of allylic oxidation sites excluding steroid dienone is 2. The summed E-state index contributed by atoms with van der Waals surface area (Å²) in [7, 11) is 0. The Balaban J connectivity index is 1.04. The molecule has 6 heteroatoms. The molecule has 1 saturated heterocycles. The average molecular weight is 515 g/mol. The number of fused-ring (bicyclic) bond motifs is 1. The summed E-state index contributed by atoms with van der Waals surface area (Å²) < 4.78 is 13.0. The van der Waals surface area contributed by atoms with E-state index in [1.54, 1.807) is 11.3 Å². The first-order valence-corrected chi connectivity index (χ1v) is 14.5. The van der Waals surface area contributed by atoms with Crippen LogP contribution in [0.3, 0.4) is 0 Å². The van der Waals surface area contributed by atoms with E-state index < -0.39 is 0 Å². The molecule has 2 aromatic carbocycles. The van der Waals surface area contributed by atoms with Gasteiger partial charge in [0.2, 0.25) is 0 Å². The van der Waals surface area contributed by atoms with Gasteiger partial charge in [0.15, 0.2) is 6.61 Å². The lowest BCUT2D eigenvalue weighted by Crippen LogP contribution is -2.36. The predicted molar refractivity (Wildman–Crippen MR) is 148 cm³/mol. The van der Waals surface area contributed by atoms with Gasteiger partial charge in [-0.3, -0.25) is 9.69 Å². The van der Waals surface area contributed by atoms with E-state index in [-0.39, 0.29) is 12.5 Å². The van der Waals surface area contributed by atoms with Gasteiger partial charge in [0.25, 0.3) is 5.91 Å². The first-order valence-electron chi connectivity index (χ1n) is 13.7. The van der Waals surface area contributed by atoms with E-state index in [1.165, 1.54) is 40.5 Å². The fourth-order valence-corrected chi connectivity index (χ4v) is 7.98. The maximum atomic E-state index is 12.8. The van der Waals surface area contributed by atoms with Gasteiger partial charge in [0.1, 0.15) is 5.75 Å². The number of rotatable bonds is 8. The van der Waals surface area contributed by atoms with Crippen LogP contribution in [0, 0.1) is 23.2 Å². The Hall–Kier alpha value is -2.67. The summed E-state index contributed by atoms with van der Waals surface area (Å²) in [4.78, 5) is 15.2. The van der Waals surface area contributed by atoms with Gasteiger partial charge >= 0.3 is 0 Å². The molecule has 3 atom stereocenters. The molecule has 2 saturated carbocycles. The Morgan fingerprint density at radius 2 is 2.00 bits per heavy atom. The number of nitrogens with zero attached hydrogens (tertiary/aromatic N) is 1. The van der Waals surface area contributed by atoms with Crippen molar-refractivity contribution in [1.82, 2.24) is 10.2 Å². The van der Waals surface area contributed by atoms with Crippen LogP contribution in [0.15, 0.2) is 60.0 Å². The van der Waals surface area contributed by atoms with Crippen LogP contribution in [0.25, 0.3) is 21.2 Å². The zero-order chi connectivity index (χ0) is 24.8. The third-order valence-corrected chi connectivity index (χ3v) is 10.1. The van der Waals surface area contributed by atoms with E-state index in [0.29, 0.717) is 17.3 Å². The summed E-state index contributed by atoms with van der Waals surface area (Å²) in [5, 5.41) is 6.69. The van der Waals surface area contributed by atoms with E-state index in [4.69, 9.17) is 9.47 Å². The molecule has 3 aliphatic carbocycles. The highest BCUT2D eigenvalue weighted by molar-refractivity contribution is 7.17. The average Bonchev–Trinajstić information content (AvgIpc) is 3.40. The SMILES string of the molecule is O=C(COc1ccc(-c2csc3ccccc23)cc1CN1CCOCC1)NC[C@H]1C[C@H]2C=C[C@@H]1C21CC1. The summed E-state index contributed by atoms with van der Waals surface area (Å²) in [5.74, 6) is 2.77. The Morgan fingerprint density at radius 3 is 2.84 bits per heavy atom. The van der Waals surface area contributed by atoms with Crippen molar-refractivity contribution in [3.05, 3.63) is 65.6 Å². The number of hydrogen-bond acceptors (Lipinski definition) is 5. The highest BCUT2D eigenvalue weighted by Gasteiger charge is 2.62. The molecule has 37 heavy (non-hydrogen) atoms. The lowest BCUT2D eigenvalue weighted by atomic mass is 9.89. The summed E-state index contributed by atoms with van der Waals surface area (Å²) in [6, 6.07) is 15.0. The molecule has 4 aliphatic rings. The van der Waals surface area contributed by atoms with Crippen molar-refractivity contribution < 1.29 is 14.3 Å². The topological polar surface area (TPSA) is 50.8 Å². The number of thiophene rings is 1. The third kappa shape index (κ3) is 4.39. The normalized spacial score (nSPS) is 25.7. The number of nitrogens with one attached hydrogen (secondary N) is 1. The maximum absolute atomic E-state index is 12.8. The van der Waals surface area contributed by atoms with Crippen LogP contribution in [0.5, 0.6) is 5.75 Å². The van der Waals surface area contributed by atoms with Crippen LogP contribution in [-0.4, -0.2) is 50.3 Å². The number of carbonyl (C=O) groups is 1. The fourth-order valence-electron chi connectivity index (χ4n) is 7.01. The van der Waals surface area contributed by atoms with Crippen molar-refractivity contribution in [2.45, 2.75) is 25.8 Å². The monoisotopic (exact) mass is 514 g/mol. The standard InChI is InChI=1S/C31H34N2O3S/c34-30(32-17-22-16-24-6-7-27(22)31(24)9-10-31)19-36-28-8-5-21(15-23(28)18-33-11-13-35-14-12-33)26-20-37-29-4-2-1-3-25(26)29/h1-8,15,20,22,24,27H,9-14,16-19H2,(H,32,34)/t22-,24-,27+/m1/s1. The van der Waals surface area contributed by atoms with Crippen molar-refractivity contribution in [2.24, 2.45) is 23.2 Å². The van der Waals surface area contributed by atoms with Gasteiger partial charge in [-0.05, 0) is 71.6 Å². The zero-order valence-corrected chi connectivity index (χ0v) is 22.0. The molecule has 1 aliphatic heterocycles. The number of hydrogen-bond donors (Lipinski definition) is 1. The van der Waals surface area contributed by atoms with Crippen molar-refractivity contribution in [1.29, 1.82) is 0 Å². The maximum Gasteiger partial charge on any atom is 0.257 e. The largest absolute Gasteiger partial charge is 0.483 e. The minimum atomic E-state index is -0.0261. The number of carbonyl (C=O) groups excluding carboxylic acids is 1. The molecule has 3 fully saturated rings. The molecule has 0 unspecified atom stereocenters. The van der Waals surface area contributed by atoms with Gasteiger partial charge in [0.05, 0.1) is 13.2 Å². The smallest absolute Gasteiger partial charge is 0.257 e. The summed E-state index contributed by atoms with van der Waals surface area (Å²) >= 11 is 1.78. The second-order valence-electron chi connectivity index (χ2n) is 11.2. The Labute approximate surface area is 222 Å². The quantitative estimate of drug-likeness (QED) is 0.404. The summed E-state index contributed by atoms with van der Waals surface area (Å²) in [6.07, 6.45) is 8.81. The number of amides is 1. The highest BCUT2D eigenvalue weighted by Crippen LogP contribution is 2.69. The molecule has 1 N–H and O–H groups in total. The van der Waals surface area contributed by atoms with Gasteiger partial charge in [-0.1, -0.05) is 36.4 Å². The molecule has 7 rings (SSSR count). The van der Waals surface area contributed by atoms with Crippen molar-refractivity contribution >= 4 is 27.3 Å². The van der Waals surface area contributed by atoms with Crippen LogP contribution in [0.1, 0.15) is 24.8 Å².